The third-order valence-corrected chi connectivity index (χ3v) is 4.70. The van der Waals surface area contributed by atoms with Crippen molar-refractivity contribution in [1.29, 1.82) is 0 Å². The molecule has 0 unspecified atom stereocenters. The summed E-state index contributed by atoms with van der Waals surface area (Å²) in [5.41, 5.74) is 3.54. The zero-order valence-corrected chi connectivity index (χ0v) is 14.7. The number of aryl methyl sites for hydroxylation is 2. The van der Waals surface area contributed by atoms with Gasteiger partial charge < -0.3 is 15.4 Å². The average molecular weight is 318 g/mol. The van der Waals surface area contributed by atoms with Crippen LogP contribution in [0.2, 0.25) is 0 Å². The van der Waals surface area contributed by atoms with E-state index in [0.717, 1.165) is 24.2 Å². The van der Waals surface area contributed by atoms with Crippen LogP contribution in [-0.4, -0.2) is 25.2 Å². The lowest BCUT2D eigenvalue weighted by atomic mass is 10.1. The van der Waals surface area contributed by atoms with E-state index in [0.29, 0.717) is 19.2 Å². The Morgan fingerprint density at radius 3 is 2.43 bits per heavy atom. The van der Waals surface area contributed by atoms with Gasteiger partial charge in [-0.3, -0.25) is 0 Å². The van der Waals surface area contributed by atoms with Crippen LogP contribution in [0.15, 0.2) is 12.1 Å². The van der Waals surface area contributed by atoms with E-state index in [9.17, 15) is 4.79 Å². The molecule has 0 saturated heterocycles. The number of nitrogens with one attached hydrogen (secondary N) is 2. The third kappa shape index (κ3) is 5.45. The molecule has 4 heteroatoms. The molecule has 1 aliphatic carbocycles. The highest BCUT2D eigenvalue weighted by Crippen LogP contribution is 2.25. The number of carbonyl (C=O) groups is 1. The number of urea groups is 1. The molecule has 0 atom stereocenters. The molecule has 0 spiro atoms. The molecule has 1 aliphatic rings. The van der Waals surface area contributed by atoms with E-state index in [1.54, 1.807) is 0 Å². The molecule has 2 N–H and O–H groups in total. The van der Waals surface area contributed by atoms with Gasteiger partial charge in [-0.15, -0.1) is 0 Å². The Morgan fingerprint density at radius 2 is 1.74 bits per heavy atom. The van der Waals surface area contributed by atoms with Crippen LogP contribution in [0.1, 0.15) is 55.2 Å². The molecule has 2 amide bonds. The second kappa shape index (κ2) is 8.80. The predicted molar refractivity (Wildman–Crippen MR) is 94.2 cm³/mol. The Morgan fingerprint density at radius 1 is 1.09 bits per heavy atom. The van der Waals surface area contributed by atoms with Gasteiger partial charge in [0.1, 0.15) is 12.4 Å². The maximum atomic E-state index is 11.9. The number of ether oxygens (including phenoxy) is 1. The van der Waals surface area contributed by atoms with E-state index in [1.165, 1.54) is 36.8 Å². The summed E-state index contributed by atoms with van der Waals surface area (Å²) in [7, 11) is 0. The molecule has 0 aromatic heterocycles. The van der Waals surface area contributed by atoms with Crippen LogP contribution in [0.3, 0.4) is 0 Å². The highest BCUT2D eigenvalue weighted by molar-refractivity contribution is 5.74. The number of benzene rings is 1. The first-order valence-electron chi connectivity index (χ1n) is 8.82. The van der Waals surface area contributed by atoms with Gasteiger partial charge in [0.15, 0.2) is 0 Å². The van der Waals surface area contributed by atoms with Crippen molar-refractivity contribution in [3.63, 3.8) is 0 Å². The molecule has 0 bridgehead atoms. The van der Waals surface area contributed by atoms with Gasteiger partial charge in [0, 0.05) is 6.04 Å². The molecule has 2 rings (SSSR count). The Hall–Kier alpha value is -1.71. The number of hydrogen-bond acceptors (Lipinski definition) is 2. The Bertz CT molecular complexity index is 520. The molecule has 1 aromatic carbocycles. The summed E-state index contributed by atoms with van der Waals surface area (Å²) in [5, 5.41) is 5.98. The normalized spacial score (nSPS) is 15.8. The summed E-state index contributed by atoms with van der Waals surface area (Å²) in [5.74, 6) is 0.941. The van der Waals surface area contributed by atoms with Gasteiger partial charge in [-0.2, -0.15) is 0 Å². The molecule has 0 heterocycles. The second-order valence-electron chi connectivity index (χ2n) is 6.59. The van der Waals surface area contributed by atoms with Crippen molar-refractivity contribution in [2.45, 2.75) is 65.3 Å². The number of hydrogen-bond donors (Lipinski definition) is 2. The standard InChI is InChI=1S/C19H30N2O2/c1-14-10-11-15(2)18(16(14)3)23-13-12-20-19(22)21-17-8-6-4-5-7-9-17/h10-11,17H,4-9,12-13H2,1-3H3,(H2,20,21,22). The summed E-state index contributed by atoms with van der Waals surface area (Å²) in [6, 6.07) is 4.44. The summed E-state index contributed by atoms with van der Waals surface area (Å²) in [6.45, 7) is 7.21. The van der Waals surface area contributed by atoms with Crippen LogP contribution in [-0.2, 0) is 0 Å². The summed E-state index contributed by atoms with van der Waals surface area (Å²) >= 11 is 0. The molecule has 4 nitrogen and oxygen atoms in total. The largest absolute Gasteiger partial charge is 0.491 e. The van der Waals surface area contributed by atoms with Gasteiger partial charge in [0.2, 0.25) is 0 Å². The van der Waals surface area contributed by atoms with Crippen LogP contribution in [0.25, 0.3) is 0 Å². The summed E-state index contributed by atoms with van der Waals surface area (Å²) in [4.78, 5) is 11.9. The minimum absolute atomic E-state index is 0.0711. The summed E-state index contributed by atoms with van der Waals surface area (Å²) < 4.78 is 5.87. The maximum Gasteiger partial charge on any atom is 0.315 e. The molecular formula is C19H30N2O2. The molecule has 0 aliphatic heterocycles. The van der Waals surface area contributed by atoms with E-state index in [-0.39, 0.29) is 6.03 Å². The fourth-order valence-electron chi connectivity index (χ4n) is 3.13. The number of rotatable bonds is 5. The zero-order chi connectivity index (χ0) is 16.7. The molecular weight excluding hydrogens is 288 g/mol. The van der Waals surface area contributed by atoms with Crippen LogP contribution < -0.4 is 15.4 Å². The zero-order valence-electron chi connectivity index (χ0n) is 14.7. The third-order valence-electron chi connectivity index (χ3n) is 4.70. The maximum absolute atomic E-state index is 11.9. The fourth-order valence-corrected chi connectivity index (χ4v) is 3.13. The van der Waals surface area contributed by atoms with Gasteiger partial charge in [0.25, 0.3) is 0 Å². The highest BCUT2D eigenvalue weighted by Gasteiger charge is 2.14. The minimum atomic E-state index is -0.0711. The molecule has 23 heavy (non-hydrogen) atoms. The van der Waals surface area contributed by atoms with E-state index in [2.05, 4.69) is 36.6 Å². The highest BCUT2D eigenvalue weighted by atomic mass is 16.5. The number of carbonyl (C=O) groups excluding carboxylic acids is 1. The lowest BCUT2D eigenvalue weighted by Gasteiger charge is -2.17. The first-order chi connectivity index (χ1) is 11.1. The summed E-state index contributed by atoms with van der Waals surface area (Å²) in [6.07, 6.45) is 7.24. The van der Waals surface area contributed by atoms with Crippen molar-refractivity contribution < 1.29 is 9.53 Å². The Balaban J connectivity index is 1.71. The van der Waals surface area contributed by atoms with Crippen molar-refractivity contribution in [3.05, 3.63) is 28.8 Å². The van der Waals surface area contributed by atoms with E-state index < -0.39 is 0 Å². The Kier molecular flexibility index (Phi) is 6.75. The molecule has 1 saturated carbocycles. The smallest absolute Gasteiger partial charge is 0.315 e. The van der Waals surface area contributed by atoms with Crippen molar-refractivity contribution in [2.24, 2.45) is 0 Å². The van der Waals surface area contributed by atoms with Crippen molar-refractivity contribution in [3.8, 4) is 5.75 Å². The monoisotopic (exact) mass is 318 g/mol. The van der Waals surface area contributed by atoms with Gasteiger partial charge in [-0.05, 0) is 50.3 Å². The first-order valence-corrected chi connectivity index (χ1v) is 8.82. The van der Waals surface area contributed by atoms with Gasteiger partial charge in [0.05, 0.1) is 6.54 Å². The van der Waals surface area contributed by atoms with Crippen LogP contribution in [0.4, 0.5) is 4.79 Å². The van der Waals surface area contributed by atoms with Gasteiger partial charge >= 0.3 is 6.03 Å². The molecule has 1 fully saturated rings. The molecule has 1 aromatic rings. The Labute approximate surface area is 140 Å². The van der Waals surface area contributed by atoms with Crippen LogP contribution in [0, 0.1) is 20.8 Å². The molecule has 128 valence electrons. The second-order valence-corrected chi connectivity index (χ2v) is 6.59. The topological polar surface area (TPSA) is 50.4 Å². The van der Waals surface area contributed by atoms with E-state index >= 15 is 0 Å². The first kappa shape index (κ1) is 17.6. The van der Waals surface area contributed by atoms with Crippen LogP contribution >= 0.6 is 0 Å². The van der Waals surface area contributed by atoms with Gasteiger partial charge in [-0.1, -0.05) is 37.8 Å². The van der Waals surface area contributed by atoms with Crippen molar-refractivity contribution in [1.82, 2.24) is 10.6 Å². The SMILES string of the molecule is Cc1ccc(C)c(OCCNC(=O)NC2CCCCCC2)c1C. The lowest BCUT2D eigenvalue weighted by Crippen LogP contribution is -2.43. The molecule has 0 radical (unpaired) electrons. The quantitative estimate of drug-likeness (QED) is 0.636. The van der Waals surface area contributed by atoms with Gasteiger partial charge in [-0.25, -0.2) is 4.79 Å². The van der Waals surface area contributed by atoms with E-state index in [1.807, 2.05) is 6.92 Å². The fraction of sp³-hybridized carbons (Fsp3) is 0.632. The number of amides is 2. The van der Waals surface area contributed by atoms with Crippen molar-refractivity contribution >= 4 is 6.03 Å². The van der Waals surface area contributed by atoms with E-state index in [4.69, 9.17) is 4.74 Å². The van der Waals surface area contributed by atoms with Crippen LogP contribution in [0.5, 0.6) is 5.75 Å². The minimum Gasteiger partial charge on any atom is -0.491 e. The predicted octanol–water partition coefficient (Wildman–Crippen LogP) is 4.01. The van der Waals surface area contributed by atoms with Crippen molar-refractivity contribution in [2.75, 3.05) is 13.2 Å². The average Bonchev–Trinajstić information content (AvgIpc) is 2.79. The lowest BCUT2D eigenvalue weighted by molar-refractivity contribution is 0.231.